The minimum atomic E-state index is -4.69. The maximum Gasteiger partial charge on any atom is 0.416 e. The number of aromatic hydroxyl groups is 1. The molecule has 3 amide bonds. The van der Waals surface area contributed by atoms with Gasteiger partial charge in [-0.15, -0.1) is 0 Å². The van der Waals surface area contributed by atoms with E-state index in [2.05, 4.69) is 5.32 Å². The molecule has 0 aliphatic carbocycles. The standard InChI is InChI=1S/C29H19ClF3N3O5S2/c30-16-6-8-17(9-7-16)34-20(38)13-35-27-24(43-28(35)41)21(14-4-10-19(37)11-5-14)22-23(42-27)26(40)36(25(22)39)18-3-1-2-15(12-18)29(31,32)33/h1-12,21-23,37H,13H2,(H,34,38)/t21-,22?,23?/m0/s1. The highest BCUT2D eigenvalue weighted by Gasteiger charge is 2.57. The van der Waals surface area contributed by atoms with Gasteiger partial charge in [-0.2, -0.15) is 13.2 Å². The number of aromatic nitrogens is 1. The Morgan fingerprint density at radius 2 is 1.67 bits per heavy atom. The predicted molar refractivity (Wildman–Crippen MR) is 156 cm³/mol. The summed E-state index contributed by atoms with van der Waals surface area (Å²) in [4.78, 5) is 54.5. The van der Waals surface area contributed by atoms with Gasteiger partial charge < -0.3 is 10.4 Å². The van der Waals surface area contributed by atoms with Crippen molar-refractivity contribution in [2.24, 2.45) is 5.92 Å². The second-order valence-corrected chi connectivity index (χ2v) is 12.4. The third kappa shape index (κ3) is 5.32. The van der Waals surface area contributed by atoms with Crippen LogP contribution in [0.2, 0.25) is 5.02 Å². The number of hydrogen-bond donors (Lipinski definition) is 2. The molecule has 2 aliphatic heterocycles. The number of carbonyl (C=O) groups is 3. The van der Waals surface area contributed by atoms with Crippen molar-refractivity contribution in [1.82, 2.24) is 4.57 Å². The van der Waals surface area contributed by atoms with Gasteiger partial charge in [0.15, 0.2) is 0 Å². The third-order valence-corrected chi connectivity index (χ3v) is 10.0. The van der Waals surface area contributed by atoms with Crippen molar-refractivity contribution in [1.29, 1.82) is 0 Å². The molecule has 6 rings (SSSR count). The molecule has 3 aromatic carbocycles. The number of thiazole rings is 1. The normalized spacial score (nSPS) is 19.7. The molecule has 1 fully saturated rings. The predicted octanol–water partition coefficient (Wildman–Crippen LogP) is 5.72. The molecule has 0 spiro atoms. The Balaban J connectivity index is 1.40. The number of halogens is 4. The van der Waals surface area contributed by atoms with E-state index in [4.69, 9.17) is 11.6 Å². The first-order valence-corrected chi connectivity index (χ1v) is 14.8. The number of thioether (sulfide) groups is 1. The van der Waals surface area contributed by atoms with E-state index in [0.717, 1.165) is 46.2 Å². The Morgan fingerprint density at radius 1 is 0.977 bits per heavy atom. The average molecular weight is 646 g/mol. The molecule has 43 heavy (non-hydrogen) atoms. The topological polar surface area (TPSA) is 109 Å². The second-order valence-electron chi connectivity index (χ2n) is 9.87. The summed E-state index contributed by atoms with van der Waals surface area (Å²) < 4.78 is 41.6. The van der Waals surface area contributed by atoms with Gasteiger partial charge in [-0.05, 0) is 60.2 Å². The van der Waals surface area contributed by atoms with Crippen LogP contribution < -0.4 is 15.1 Å². The van der Waals surface area contributed by atoms with Gasteiger partial charge in [-0.1, -0.05) is 52.9 Å². The van der Waals surface area contributed by atoms with Gasteiger partial charge in [-0.3, -0.25) is 23.7 Å². The molecular weight excluding hydrogens is 627 g/mol. The maximum absolute atomic E-state index is 13.9. The lowest BCUT2D eigenvalue weighted by Crippen LogP contribution is -2.33. The number of benzene rings is 3. The largest absolute Gasteiger partial charge is 0.508 e. The number of phenols is 1. The lowest BCUT2D eigenvalue weighted by Gasteiger charge is -2.30. The fourth-order valence-corrected chi connectivity index (χ4v) is 8.15. The van der Waals surface area contributed by atoms with Gasteiger partial charge in [-0.25, -0.2) is 4.90 Å². The Morgan fingerprint density at radius 3 is 2.35 bits per heavy atom. The van der Waals surface area contributed by atoms with Gasteiger partial charge in [0.1, 0.15) is 17.5 Å². The zero-order valence-electron chi connectivity index (χ0n) is 21.7. The van der Waals surface area contributed by atoms with Crippen LogP contribution in [-0.2, 0) is 27.1 Å². The van der Waals surface area contributed by atoms with Crippen LogP contribution in [0.25, 0.3) is 0 Å². The lowest BCUT2D eigenvalue weighted by molar-refractivity contribution is -0.137. The van der Waals surface area contributed by atoms with Crippen LogP contribution in [0.5, 0.6) is 5.75 Å². The van der Waals surface area contributed by atoms with Crippen molar-refractivity contribution in [2.75, 3.05) is 10.2 Å². The van der Waals surface area contributed by atoms with Crippen LogP contribution in [0.15, 0.2) is 82.6 Å². The van der Waals surface area contributed by atoms with E-state index >= 15 is 0 Å². The zero-order valence-corrected chi connectivity index (χ0v) is 24.1. The molecule has 1 aromatic heterocycles. The highest BCUT2D eigenvalue weighted by atomic mass is 35.5. The quantitative estimate of drug-likeness (QED) is 0.269. The highest BCUT2D eigenvalue weighted by Crippen LogP contribution is 2.54. The molecule has 220 valence electrons. The summed E-state index contributed by atoms with van der Waals surface area (Å²) in [5, 5.41) is 12.3. The molecular formula is C29H19ClF3N3O5S2. The van der Waals surface area contributed by atoms with Crippen LogP contribution in [0, 0.1) is 5.92 Å². The number of fused-ring (bicyclic) bond motifs is 2. The SMILES string of the molecule is O=C(Cn1c2c(sc1=O)[C@@H](c1ccc(O)cc1)C1C(=O)N(c3cccc(C(F)(F)F)c3)C(=O)C1S2)Nc1ccc(Cl)cc1. The summed E-state index contributed by atoms with van der Waals surface area (Å²) in [5.41, 5.74) is -0.259. The monoisotopic (exact) mass is 645 g/mol. The molecule has 0 bridgehead atoms. The molecule has 4 aromatic rings. The molecule has 8 nitrogen and oxygen atoms in total. The maximum atomic E-state index is 13.9. The molecule has 1 saturated heterocycles. The van der Waals surface area contributed by atoms with E-state index in [1.807, 2.05) is 0 Å². The van der Waals surface area contributed by atoms with E-state index in [-0.39, 0.29) is 18.0 Å². The first kappa shape index (κ1) is 29.0. The summed E-state index contributed by atoms with van der Waals surface area (Å²) in [7, 11) is 0. The van der Waals surface area contributed by atoms with Crippen LogP contribution >= 0.6 is 34.7 Å². The Bertz CT molecular complexity index is 1820. The molecule has 3 atom stereocenters. The summed E-state index contributed by atoms with van der Waals surface area (Å²) in [6.07, 6.45) is -4.69. The lowest BCUT2D eigenvalue weighted by atomic mass is 9.83. The molecule has 0 saturated carbocycles. The number of hydrogen-bond acceptors (Lipinski definition) is 7. The Labute approximate surface area is 254 Å². The van der Waals surface area contributed by atoms with Crippen molar-refractivity contribution < 1.29 is 32.7 Å². The molecule has 2 aliphatic rings. The zero-order chi connectivity index (χ0) is 30.6. The third-order valence-electron chi connectivity index (χ3n) is 7.16. The first-order valence-electron chi connectivity index (χ1n) is 12.7. The summed E-state index contributed by atoms with van der Waals surface area (Å²) >= 11 is 7.67. The minimum absolute atomic E-state index is 0.0465. The molecule has 2 N–H and O–H groups in total. The number of imide groups is 1. The van der Waals surface area contributed by atoms with Crippen LogP contribution in [0.1, 0.15) is 21.9 Å². The van der Waals surface area contributed by atoms with Gasteiger partial charge >= 0.3 is 11.0 Å². The number of phenolic OH excluding ortho intramolecular Hbond substituents is 1. The van der Waals surface area contributed by atoms with Crippen LogP contribution in [-0.4, -0.2) is 32.6 Å². The van der Waals surface area contributed by atoms with E-state index in [1.165, 1.54) is 22.8 Å². The first-order chi connectivity index (χ1) is 20.4. The van der Waals surface area contributed by atoms with Crippen molar-refractivity contribution in [3.05, 3.63) is 103 Å². The summed E-state index contributed by atoms with van der Waals surface area (Å²) in [5.74, 6) is -3.91. The smallest absolute Gasteiger partial charge is 0.416 e. The number of alkyl halides is 3. The molecule has 14 heteroatoms. The summed E-state index contributed by atoms with van der Waals surface area (Å²) in [6.45, 7) is -0.389. The van der Waals surface area contributed by atoms with Gasteiger partial charge in [0, 0.05) is 21.5 Å². The molecule has 0 radical (unpaired) electrons. The number of rotatable bonds is 5. The van der Waals surface area contributed by atoms with E-state index in [1.54, 1.807) is 36.4 Å². The Kier molecular flexibility index (Phi) is 7.35. The van der Waals surface area contributed by atoms with Crippen molar-refractivity contribution >= 4 is 63.8 Å². The van der Waals surface area contributed by atoms with E-state index in [0.29, 0.717) is 26.2 Å². The van der Waals surface area contributed by atoms with Crippen LogP contribution in [0.4, 0.5) is 24.5 Å². The minimum Gasteiger partial charge on any atom is -0.508 e. The Hall–Kier alpha value is -4.07. The van der Waals surface area contributed by atoms with Gasteiger partial charge in [0.05, 0.1) is 22.2 Å². The van der Waals surface area contributed by atoms with E-state index in [9.17, 15) is 37.5 Å². The number of amides is 3. The number of nitrogens with zero attached hydrogens (tertiary/aromatic N) is 2. The van der Waals surface area contributed by atoms with Crippen molar-refractivity contribution in [3.8, 4) is 5.75 Å². The second kappa shape index (κ2) is 10.9. The van der Waals surface area contributed by atoms with Crippen molar-refractivity contribution in [2.45, 2.75) is 28.9 Å². The fraction of sp³-hybridized carbons (Fsp3) is 0.172. The number of nitrogens with one attached hydrogen (secondary N) is 1. The van der Waals surface area contributed by atoms with Gasteiger partial charge in [0.25, 0.3) is 0 Å². The fourth-order valence-electron chi connectivity index (χ4n) is 5.25. The average Bonchev–Trinajstić information content (AvgIpc) is 3.40. The summed E-state index contributed by atoms with van der Waals surface area (Å²) in [6, 6.07) is 16.3. The molecule has 3 heterocycles. The van der Waals surface area contributed by atoms with Crippen molar-refractivity contribution in [3.63, 3.8) is 0 Å². The van der Waals surface area contributed by atoms with E-state index < -0.39 is 51.4 Å². The molecule has 2 unspecified atom stereocenters. The van der Waals surface area contributed by atoms with Gasteiger partial charge in [0.2, 0.25) is 17.7 Å². The number of carbonyl (C=O) groups excluding carboxylic acids is 3. The number of anilines is 2. The highest BCUT2D eigenvalue weighted by molar-refractivity contribution is 8.00. The van der Waals surface area contributed by atoms with Crippen LogP contribution in [0.3, 0.4) is 0 Å².